The van der Waals surface area contributed by atoms with Gasteiger partial charge >= 0.3 is 6.09 Å². The molecule has 1 amide bonds. The zero-order valence-corrected chi connectivity index (χ0v) is 13.7. The molecule has 5 nitrogen and oxygen atoms in total. The van der Waals surface area contributed by atoms with Crippen molar-refractivity contribution in [3.8, 4) is 5.75 Å². The van der Waals surface area contributed by atoms with E-state index in [9.17, 15) is 9.90 Å². The van der Waals surface area contributed by atoms with Gasteiger partial charge < -0.3 is 14.6 Å². The molecule has 2 N–H and O–H groups in total. The molecule has 0 bridgehead atoms. The highest BCUT2D eigenvalue weighted by atomic mass is 16.6. The molecule has 0 radical (unpaired) electrons. The first-order chi connectivity index (χ1) is 10.3. The smallest absolute Gasteiger partial charge is 0.412 e. The molecule has 0 spiro atoms. The zero-order chi connectivity index (χ0) is 16.4. The third-order valence-corrected chi connectivity index (χ3v) is 4.05. The van der Waals surface area contributed by atoms with E-state index >= 15 is 0 Å². The minimum absolute atomic E-state index is 0.0718. The first kappa shape index (κ1) is 16.6. The van der Waals surface area contributed by atoms with Gasteiger partial charge in [-0.15, -0.1) is 0 Å². The molecule has 1 saturated carbocycles. The van der Waals surface area contributed by atoms with Crippen LogP contribution in [-0.4, -0.2) is 30.5 Å². The third-order valence-electron chi connectivity index (χ3n) is 4.05. The van der Waals surface area contributed by atoms with E-state index in [-0.39, 0.29) is 12.0 Å². The number of hydrogen-bond donors (Lipinski definition) is 2. The number of aliphatic hydroxyl groups is 1. The van der Waals surface area contributed by atoms with Crippen LogP contribution >= 0.6 is 0 Å². The lowest BCUT2D eigenvalue weighted by Gasteiger charge is -2.42. The number of amides is 1. The van der Waals surface area contributed by atoms with Gasteiger partial charge in [-0.05, 0) is 45.2 Å². The molecule has 0 heterocycles. The van der Waals surface area contributed by atoms with Crippen molar-refractivity contribution < 1.29 is 19.4 Å². The number of ether oxygens (including phenoxy) is 2. The fourth-order valence-electron chi connectivity index (χ4n) is 2.75. The summed E-state index contributed by atoms with van der Waals surface area (Å²) >= 11 is 0. The largest absolute Gasteiger partial charge is 0.497 e. The zero-order valence-electron chi connectivity index (χ0n) is 13.7. The highest BCUT2D eigenvalue weighted by Crippen LogP contribution is 2.46. The fraction of sp³-hybridized carbons (Fsp3) is 0.588. The molecule has 1 fully saturated rings. The Morgan fingerprint density at radius 3 is 2.50 bits per heavy atom. The first-order valence-electron chi connectivity index (χ1n) is 7.59. The maximum Gasteiger partial charge on any atom is 0.412 e. The van der Waals surface area contributed by atoms with Gasteiger partial charge in [0, 0.05) is 11.5 Å². The van der Waals surface area contributed by atoms with Gasteiger partial charge in [-0.2, -0.15) is 0 Å². The SMILES string of the molecule is COc1ccc(C2(CO)CCC2)c(NC(=O)OC(C)(C)C)c1. The Morgan fingerprint density at radius 1 is 1.36 bits per heavy atom. The van der Waals surface area contributed by atoms with E-state index in [1.807, 2.05) is 32.9 Å². The molecule has 1 aromatic carbocycles. The summed E-state index contributed by atoms with van der Waals surface area (Å²) in [6.45, 7) is 5.53. The van der Waals surface area contributed by atoms with Crippen LogP contribution in [0.2, 0.25) is 0 Å². The quantitative estimate of drug-likeness (QED) is 0.894. The Morgan fingerprint density at radius 2 is 2.05 bits per heavy atom. The molecule has 1 aromatic rings. The van der Waals surface area contributed by atoms with Crippen molar-refractivity contribution in [1.82, 2.24) is 0 Å². The van der Waals surface area contributed by atoms with Crippen LogP contribution in [0.4, 0.5) is 10.5 Å². The summed E-state index contributed by atoms with van der Waals surface area (Å²) in [5.41, 5.74) is 0.750. The highest BCUT2D eigenvalue weighted by molar-refractivity contribution is 5.86. The molecular formula is C17H25NO4. The summed E-state index contributed by atoms with van der Waals surface area (Å²) in [7, 11) is 1.58. The predicted octanol–water partition coefficient (Wildman–Crippen LogP) is 3.46. The van der Waals surface area contributed by atoms with E-state index in [1.54, 1.807) is 13.2 Å². The van der Waals surface area contributed by atoms with Crippen molar-refractivity contribution in [3.63, 3.8) is 0 Å². The maximum absolute atomic E-state index is 12.1. The van der Waals surface area contributed by atoms with Crippen molar-refractivity contribution >= 4 is 11.8 Å². The second-order valence-electron chi connectivity index (χ2n) is 6.83. The summed E-state index contributed by atoms with van der Waals surface area (Å²) in [5.74, 6) is 0.655. The van der Waals surface area contributed by atoms with E-state index in [0.29, 0.717) is 11.4 Å². The Hall–Kier alpha value is -1.75. The molecule has 2 rings (SSSR count). The van der Waals surface area contributed by atoms with Gasteiger partial charge in [-0.25, -0.2) is 4.79 Å². The van der Waals surface area contributed by atoms with Gasteiger partial charge in [-0.1, -0.05) is 12.5 Å². The van der Waals surface area contributed by atoms with Crippen LogP contribution in [0.5, 0.6) is 5.75 Å². The molecule has 0 aliphatic heterocycles. The van der Waals surface area contributed by atoms with E-state index in [0.717, 1.165) is 24.8 Å². The first-order valence-corrected chi connectivity index (χ1v) is 7.59. The van der Waals surface area contributed by atoms with Crippen LogP contribution in [0, 0.1) is 0 Å². The topological polar surface area (TPSA) is 67.8 Å². The van der Waals surface area contributed by atoms with E-state index in [4.69, 9.17) is 9.47 Å². The van der Waals surface area contributed by atoms with Crippen LogP contribution in [0.1, 0.15) is 45.6 Å². The summed E-state index contributed by atoms with van der Waals surface area (Å²) in [6, 6.07) is 5.54. The van der Waals surface area contributed by atoms with Crippen molar-refractivity contribution in [3.05, 3.63) is 23.8 Å². The third kappa shape index (κ3) is 3.53. The van der Waals surface area contributed by atoms with Gasteiger partial charge in [0.05, 0.1) is 19.4 Å². The van der Waals surface area contributed by atoms with Crippen molar-refractivity contribution in [1.29, 1.82) is 0 Å². The monoisotopic (exact) mass is 307 g/mol. The highest BCUT2D eigenvalue weighted by Gasteiger charge is 2.40. The van der Waals surface area contributed by atoms with Crippen molar-refractivity contribution in [2.75, 3.05) is 19.0 Å². The molecule has 5 heteroatoms. The molecule has 22 heavy (non-hydrogen) atoms. The number of rotatable bonds is 4. The van der Waals surface area contributed by atoms with Crippen LogP contribution in [0.3, 0.4) is 0 Å². The van der Waals surface area contributed by atoms with E-state index in [2.05, 4.69) is 5.32 Å². The average molecular weight is 307 g/mol. The normalized spacial score (nSPS) is 16.6. The Kier molecular flexibility index (Phi) is 4.66. The Labute approximate surface area is 131 Å². The van der Waals surface area contributed by atoms with Crippen molar-refractivity contribution in [2.45, 2.75) is 51.0 Å². The number of carbonyl (C=O) groups excluding carboxylic acids is 1. The van der Waals surface area contributed by atoms with Gasteiger partial charge in [-0.3, -0.25) is 5.32 Å². The van der Waals surface area contributed by atoms with Crippen LogP contribution in [0.15, 0.2) is 18.2 Å². The molecule has 0 unspecified atom stereocenters. The van der Waals surface area contributed by atoms with Crippen LogP contribution in [-0.2, 0) is 10.2 Å². The molecule has 1 aliphatic rings. The number of anilines is 1. The number of aliphatic hydroxyl groups excluding tert-OH is 1. The lowest BCUT2D eigenvalue weighted by Crippen LogP contribution is -2.39. The van der Waals surface area contributed by atoms with E-state index < -0.39 is 11.7 Å². The van der Waals surface area contributed by atoms with Gasteiger partial charge in [0.15, 0.2) is 0 Å². The van der Waals surface area contributed by atoms with Crippen LogP contribution < -0.4 is 10.1 Å². The maximum atomic E-state index is 12.1. The summed E-state index contributed by atoms with van der Waals surface area (Å²) in [6.07, 6.45) is 2.41. The standard InChI is InChI=1S/C17H25NO4/c1-16(2,3)22-15(20)18-14-10-12(21-4)6-7-13(14)17(11-19)8-5-9-17/h6-7,10,19H,5,8-9,11H2,1-4H3,(H,18,20). The van der Waals surface area contributed by atoms with Gasteiger partial charge in [0.25, 0.3) is 0 Å². The predicted molar refractivity (Wildman–Crippen MR) is 85.5 cm³/mol. The van der Waals surface area contributed by atoms with Gasteiger partial charge in [0.2, 0.25) is 0 Å². The van der Waals surface area contributed by atoms with Crippen molar-refractivity contribution in [2.24, 2.45) is 0 Å². The average Bonchev–Trinajstić information content (AvgIpc) is 2.37. The lowest BCUT2D eigenvalue weighted by atomic mass is 9.64. The number of hydrogen-bond acceptors (Lipinski definition) is 4. The molecule has 0 saturated heterocycles. The number of carbonyl (C=O) groups is 1. The molecule has 1 aliphatic carbocycles. The van der Waals surface area contributed by atoms with Crippen LogP contribution in [0.25, 0.3) is 0 Å². The second kappa shape index (κ2) is 6.16. The number of nitrogens with one attached hydrogen (secondary N) is 1. The molecule has 0 atom stereocenters. The van der Waals surface area contributed by atoms with Gasteiger partial charge in [0.1, 0.15) is 11.4 Å². The molecule has 122 valence electrons. The summed E-state index contributed by atoms with van der Waals surface area (Å²) in [5, 5.41) is 12.6. The Balaban J connectivity index is 2.29. The molecule has 0 aromatic heterocycles. The molecular weight excluding hydrogens is 282 g/mol. The minimum Gasteiger partial charge on any atom is -0.497 e. The summed E-state index contributed by atoms with van der Waals surface area (Å²) < 4.78 is 10.6. The van der Waals surface area contributed by atoms with E-state index in [1.165, 1.54) is 0 Å². The number of methoxy groups -OCH3 is 1. The minimum atomic E-state index is -0.561. The fourth-order valence-corrected chi connectivity index (χ4v) is 2.75. The second-order valence-corrected chi connectivity index (χ2v) is 6.83. The summed E-state index contributed by atoms with van der Waals surface area (Å²) in [4.78, 5) is 12.1. The number of benzene rings is 1. The lowest BCUT2D eigenvalue weighted by molar-refractivity contribution is 0.0634. The Bertz CT molecular complexity index is 539.